The Bertz CT molecular complexity index is 609. The first kappa shape index (κ1) is 14.7. The van der Waals surface area contributed by atoms with E-state index in [0.717, 1.165) is 17.1 Å². The van der Waals surface area contributed by atoms with Gasteiger partial charge in [-0.2, -0.15) is 0 Å². The normalized spacial score (nSPS) is 11.2. The molecule has 5 heteroatoms. The lowest BCUT2D eigenvalue weighted by atomic mass is 10.1. The third-order valence-corrected chi connectivity index (χ3v) is 2.93. The molecule has 0 aromatic heterocycles. The molecule has 0 aliphatic carbocycles. The number of hydrogen-bond donors (Lipinski definition) is 2. The van der Waals surface area contributed by atoms with E-state index in [1.54, 1.807) is 6.07 Å². The van der Waals surface area contributed by atoms with Gasteiger partial charge in [0, 0.05) is 11.1 Å². The second-order valence-electron chi connectivity index (χ2n) is 4.34. The van der Waals surface area contributed by atoms with Crippen LogP contribution in [0.5, 0.6) is 11.5 Å². The van der Waals surface area contributed by atoms with Gasteiger partial charge in [-0.15, -0.1) is 0 Å². The summed E-state index contributed by atoms with van der Waals surface area (Å²) in [4.78, 5) is 0. The van der Waals surface area contributed by atoms with Gasteiger partial charge < -0.3 is 20.4 Å². The molecule has 0 fully saturated rings. The first-order valence-corrected chi connectivity index (χ1v) is 6.66. The Kier molecular flexibility index (Phi) is 5.04. The zero-order valence-corrected chi connectivity index (χ0v) is 11.8. The maximum Gasteiger partial charge on any atom is 0.170 e. The van der Waals surface area contributed by atoms with E-state index < -0.39 is 0 Å². The highest BCUT2D eigenvalue weighted by Crippen LogP contribution is 2.19. The molecule has 0 aliphatic rings. The number of nitrogens with zero attached hydrogens (tertiary/aromatic N) is 1. The molecule has 0 saturated carbocycles. The molecule has 0 amide bonds. The summed E-state index contributed by atoms with van der Waals surface area (Å²) in [7, 11) is 0. The van der Waals surface area contributed by atoms with Gasteiger partial charge in [0.2, 0.25) is 0 Å². The Balaban J connectivity index is 2.06. The van der Waals surface area contributed by atoms with Gasteiger partial charge in [0.15, 0.2) is 5.84 Å². The highest BCUT2D eigenvalue weighted by molar-refractivity contribution is 5.98. The van der Waals surface area contributed by atoms with Crippen LogP contribution in [-0.2, 0) is 6.61 Å². The van der Waals surface area contributed by atoms with Crippen LogP contribution >= 0.6 is 0 Å². The number of nitrogens with two attached hydrogens (primary N) is 1. The second-order valence-corrected chi connectivity index (χ2v) is 4.34. The van der Waals surface area contributed by atoms with E-state index >= 15 is 0 Å². The van der Waals surface area contributed by atoms with Crippen LogP contribution < -0.4 is 15.2 Å². The third kappa shape index (κ3) is 3.89. The molecule has 5 nitrogen and oxygen atoms in total. The first-order chi connectivity index (χ1) is 10.2. The molecule has 2 aromatic carbocycles. The molecular formula is C16H18N2O3. The number of benzene rings is 2. The number of rotatable bonds is 6. The Morgan fingerprint density at radius 3 is 2.29 bits per heavy atom. The molecule has 0 heterocycles. The smallest absolute Gasteiger partial charge is 0.170 e. The minimum Gasteiger partial charge on any atom is -0.494 e. The van der Waals surface area contributed by atoms with Gasteiger partial charge in [0.05, 0.1) is 6.61 Å². The van der Waals surface area contributed by atoms with Crippen molar-refractivity contribution in [2.24, 2.45) is 10.9 Å². The van der Waals surface area contributed by atoms with E-state index in [9.17, 15) is 0 Å². The van der Waals surface area contributed by atoms with Crippen LogP contribution in [0.2, 0.25) is 0 Å². The Hall–Kier alpha value is -2.69. The van der Waals surface area contributed by atoms with Gasteiger partial charge >= 0.3 is 0 Å². The highest BCUT2D eigenvalue weighted by Gasteiger charge is 2.07. The van der Waals surface area contributed by atoms with Crippen molar-refractivity contribution in [3.05, 3.63) is 59.7 Å². The molecule has 21 heavy (non-hydrogen) atoms. The Morgan fingerprint density at radius 2 is 1.67 bits per heavy atom. The zero-order chi connectivity index (χ0) is 15.1. The van der Waals surface area contributed by atoms with E-state index in [1.165, 1.54) is 0 Å². The van der Waals surface area contributed by atoms with Gasteiger partial charge in [0.25, 0.3) is 0 Å². The molecule has 2 aromatic rings. The zero-order valence-electron chi connectivity index (χ0n) is 11.8. The average molecular weight is 286 g/mol. The minimum absolute atomic E-state index is 0.0703. The third-order valence-electron chi connectivity index (χ3n) is 2.93. The topological polar surface area (TPSA) is 77.1 Å². The molecule has 3 N–H and O–H groups in total. The average Bonchev–Trinajstić information content (AvgIpc) is 2.54. The maximum atomic E-state index is 8.79. The van der Waals surface area contributed by atoms with Crippen molar-refractivity contribution in [1.82, 2.24) is 0 Å². The lowest BCUT2D eigenvalue weighted by molar-refractivity contribution is 0.303. The van der Waals surface area contributed by atoms with E-state index in [2.05, 4.69) is 5.16 Å². The monoisotopic (exact) mass is 286 g/mol. The fourth-order valence-corrected chi connectivity index (χ4v) is 1.91. The van der Waals surface area contributed by atoms with Crippen molar-refractivity contribution in [3.8, 4) is 11.5 Å². The van der Waals surface area contributed by atoms with E-state index in [-0.39, 0.29) is 5.84 Å². The number of hydrogen-bond acceptors (Lipinski definition) is 4. The van der Waals surface area contributed by atoms with E-state index in [0.29, 0.717) is 18.8 Å². The summed E-state index contributed by atoms with van der Waals surface area (Å²) in [5, 5.41) is 11.8. The van der Waals surface area contributed by atoms with E-state index in [4.69, 9.17) is 20.4 Å². The fraction of sp³-hybridized carbons (Fsp3) is 0.188. The first-order valence-electron chi connectivity index (χ1n) is 6.66. The van der Waals surface area contributed by atoms with Gasteiger partial charge in [0.1, 0.15) is 18.1 Å². The maximum absolute atomic E-state index is 8.79. The van der Waals surface area contributed by atoms with Crippen molar-refractivity contribution in [2.45, 2.75) is 13.5 Å². The summed E-state index contributed by atoms with van der Waals surface area (Å²) < 4.78 is 11.1. The molecule has 0 radical (unpaired) electrons. The quantitative estimate of drug-likeness (QED) is 0.370. The molecule has 0 spiro atoms. The van der Waals surface area contributed by atoms with Crippen molar-refractivity contribution in [1.29, 1.82) is 0 Å². The second kappa shape index (κ2) is 7.19. The van der Waals surface area contributed by atoms with Crippen molar-refractivity contribution in [2.75, 3.05) is 6.61 Å². The van der Waals surface area contributed by atoms with Gasteiger partial charge in [-0.1, -0.05) is 29.4 Å². The van der Waals surface area contributed by atoms with Crippen LogP contribution in [0.3, 0.4) is 0 Å². The molecule has 0 aliphatic heterocycles. The van der Waals surface area contributed by atoms with Crippen LogP contribution in [0.1, 0.15) is 18.1 Å². The largest absolute Gasteiger partial charge is 0.494 e. The molecule has 110 valence electrons. The Morgan fingerprint density at radius 1 is 1.05 bits per heavy atom. The van der Waals surface area contributed by atoms with Gasteiger partial charge in [-0.05, 0) is 31.2 Å². The summed E-state index contributed by atoms with van der Waals surface area (Å²) >= 11 is 0. The number of oxime groups is 1. The fourth-order valence-electron chi connectivity index (χ4n) is 1.91. The van der Waals surface area contributed by atoms with Crippen LogP contribution in [-0.4, -0.2) is 17.6 Å². The number of ether oxygens (including phenoxy) is 2. The predicted molar refractivity (Wildman–Crippen MR) is 80.9 cm³/mol. The van der Waals surface area contributed by atoms with Crippen LogP contribution in [0.15, 0.2) is 53.7 Å². The molecule has 0 saturated heterocycles. The molecular weight excluding hydrogens is 268 g/mol. The van der Waals surface area contributed by atoms with Crippen LogP contribution in [0.4, 0.5) is 0 Å². The lowest BCUT2D eigenvalue weighted by Crippen LogP contribution is -2.16. The van der Waals surface area contributed by atoms with Crippen molar-refractivity contribution < 1.29 is 14.7 Å². The van der Waals surface area contributed by atoms with Crippen LogP contribution in [0, 0.1) is 0 Å². The molecule has 0 unspecified atom stereocenters. The standard InChI is InChI=1S/C16H18N2O3/c1-2-20-13-7-9-14(10-8-13)21-11-12-5-3-4-6-15(12)16(17)18-19/h3-10,19H,2,11H2,1H3,(H2,17,18). The van der Waals surface area contributed by atoms with Crippen LogP contribution in [0.25, 0.3) is 0 Å². The summed E-state index contributed by atoms with van der Waals surface area (Å²) in [5.41, 5.74) is 7.15. The van der Waals surface area contributed by atoms with Gasteiger partial charge in [-0.3, -0.25) is 0 Å². The van der Waals surface area contributed by atoms with Crippen molar-refractivity contribution >= 4 is 5.84 Å². The predicted octanol–water partition coefficient (Wildman–Crippen LogP) is 2.76. The minimum atomic E-state index is 0.0703. The summed E-state index contributed by atoms with van der Waals surface area (Å²) in [6.07, 6.45) is 0. The molecule has 0 atom stereocenters. The molecule has 2 rings (SSSR count). The van der Waals surface area contributed by atoms with Gasteiger partial charge in [-0.25, -0.2) is 0 Å². The SMILES string of the molecule is CCOc1ccc(OCc2ccccc2/C(N)=N/O)cc1. The highest BCUT2D eigenvalue weighted by atomic mass is 16.5. The Labute approximate surface area is 123 Å². The lowest BCUT2D eigenvalue weighted by Gasteiger charge is -2.10. The summed E-state index contributed by atoms with van der Waals surface area (Å²) in [6, 6.07) is 14.8. The number of amidine groups is 1. The van der Waals surface area contributed by atoms with E-state index in [1.807, 2.05) is 49.4 Å². The summed E-state index contributed by atoms with van der Waals surface area (Å²) in [5.74, 6) is 1.61. The van der Waals surface area contributed by atoms with Crippen molar-refractivity contribution in [3.63, 3.8) is 0 Å². The summed E-state index contributed by atoms with van der Waals surface area (Å²) in [6.45, 7) is 2.90. The molecule has 0 bridgehead atoms.